The van der Waals surface area contributed by atoms with Gasteiger partial charge in [-0.1, -0.05) is 59.6 Å². The molecule has 4 aromatic rings. The number of carbonyl (C=O) groups excluding carboxylic acids is 1. The molecule has 1 aliphatic rings. The van der Waals surface area contributed by atoms with Crippen LogP contribution in [0.3, 0.4) is 0 Å². The van der Waals surface area contributed by atoms with Crippen molar-refractivity contribution in [3.8, 4) is 11.3 Å². The summed E-state index contributed by atoms with van der Waals surface area (Å²) in [5.41, 5.74) is 1.67. The van der Waals surface area contributed by atoms with Crippen LogP contribution in [0.15, 0.2) is 60.7 Å². The lowest BCUT2D eigenvalue weighted by Crippen LogP contribution is -2.49. The Balaban J connectivity index is 1.40. The predicted molar refractivity (Wildman–Crippen MR) is 132 cm³/mol. The Hall–Kier alpha value is -3.59. The zero-order valence-electron chi connectivity index (χ0n) is 19.5. The fourth-order valence-electron chi connectivity index (χ4n) is 4.33. The standard InChI is InChI=1S/C26H23ClF3N5O/c1-17-7-9-18(10-8-17)20-15-22(26(28,29)30)35-25(31-20)24(27)21(32-35)16-23(36)34-13-11-33(12-14-34)19-5-3-2-4-6-19/h2-10,15H,11-14,16H2,1H3. The topological polar surface area (TPSA) is 53.7 Å². The molecular weight excluding hydrogens is 491 g/mol. The highest BCUT2D eigenvalue weighted by Crippen LogP contribution is 2.34. The number of fused-ring (bicyclic) bond motifs is 1. The van der Waals surface area contributed by atoms with E-state index in [0.717, 1.165) is 17.3 Å². The summed E-state index contributed by atoms with van der Waals surface area (Å²) < 4.78 is 42.5. The molecule has 5 rings (SSSR count). The number of amides is 1. The van der Waals surface area contributed by atoms with Gasteiger partial charge in [0.25, 0.3) is 0 Å². The van der Waals surface area contributed by atoms with Gasteiger partial charge in [0, 0.05) is 37.4 Å². The Morgan fingerprint density at radius 1 is 1.00 bits per heavy atom. The van der Waals surface area contributed by atoms with Gasteiger partial charge in [-0.15, -0.1) is 0 Å². The number of hydrogen-bond donors (Lipinski definition) is 0. The molecule has 1 aliphatic heterocycles. The molecular formula is C26H23ClF3N5O. The second kappa shape index (κ2) is 9.46. The van der Waals surface area contributed by atoms with Crippen molar-refractivity contribution in [3.63, 3.8) is 0 Å². The maximum absolute atomic E-state index is 13.9. The monoisotopic (exact) mass is 513 g/mol. The first kappa shape index (κ1) is 24.1. The van der Waals surface area contributed by atoms with Gasteiger partial charge in [-0.2, -0.15) is 18.3 Å². The normalized spacial score (nSPS) is 14.5. The second-order valence-corrected chi connectivity index (χ2v) is 9.14. The summed E-state index contributed by atoms with van der Waals surface area (Å²) in [7, 11) is 0. The molecule has 0 spiro atoms. The number of anilines is 1. The molecule has 0 saturated carbocycles. The molecule has 36 heavy (non-hydrogen) atoms. The van der Waals surface area contributed by atoms with Gasteiger partial charge < -0.3 is 9.80 Å². The SMILES string of the molecule is Cc1ccc(-c2cc(C(F)(F)F)n3nc(CC(=O)N4CCN(c5ccccc5)CC4)c(Cl)c3n2)cc1. The third kappa shape index (κ3) is 4.75. The number of piperazine rings is 1. The van der Waals surface area contributed by atoms with E-state index in [1.807, 2.05) is 37.3 Å². The van der Waals surface area contributed by atoms with E-state index in [9.17, 15) is 18.0 Å². The first-order valence-corrected chi connectivity index (χ1v) is 11.9. The third-order valence-corrected chi connectivity index (χ3v) is 6.70. The Labute approximate surface area is 210 Å². The average molecular weight is 514 g/mol. The van der Waals surface area contributed by atoms with E-state index in [1.165, 1.54) is 0 Å². The molecule has 2 aromatic heterocycles. The molecule has 3 heterocycles. The van der Waals surface area contributed by atoms with Crippen molar-refractivity contribution in [2.24, 2.45) is 0 Å². The summed E-state index contributed by atoms with van der Waals surface area (Å²) in [6, 6.07) is 17.9. The number of hydrogen-bond acceptors (Lipinski definition) is 4. The lowest BCUT2D eigenvalue weighted by molar-refractivity contribution is -0.142. The zero-order chi connectivity index (χ0) is 25.4. The Kier molecular flexibility index (Phi) is 6.34. The molecule has 1 amide bonds. The summed E-state index contributed by atoms with van der Waals surface area (Å²) in [5, 5.41) is 4.02. The van der Waals surface area contributed by atoms with Crippen molar-refractivity contribution in [1.82, 2.24) is 19.5 Å². The van der Waals surface area contributed by atoms with Gasteiger partial charge in [0.15, 0.2) is 11.3 Å². The smallest absolute Gasteiger partial charge is 0.368 e. The van der Waals surface area contributed by atoms with E-state index in [0.29, 0.717) is 36.3 Å². The lowest BCUT2D eigenvalue weighted by atomic mass is 10.1. The van der Waals surface area contributed by atoms with E-state index >= 15 is 0 Å². The van der Waals surface area contributed by atoms with Crippen LogP contribution in [0, 0.1) is 6.92 Å². The van der Waals surface area contributed by atoms with Gasteiger partial charge in [-0.25, -0.2) is 9.50 Å². The highest BCUT2D eigenvalue weighted by Gasteiger charge is 2.36. The second-order valence-electron chi connectivity index (χ2n) is 8.77. The van der Waals surface area contributed by atoms with Crippen LogP contribution in [0.2, 0.25) is 5.02 Å². The maximum atomic E-state index is 13.9. The van der Waals surface area contributed by atoms with Gasteiger partial charge in [-0.05, 0) is 25.1 Å². The molecule has 2 aromatic carbocycles. The van der Waals surface area contributed by atoms with Crippen molar-refractivity contribution >= 4 is 28.8 Å². The average Bonchev–Trinajstić information content (AvgIpc) is 3.18. The first-order chi connectivity index (χ1) is 17.2. The number of benzene rings is 2. The van der Waals surface area contributed by atoms with Crippen LogP contribution in [0.25, 0.3) is 16.9 Å². The highest BCUT2D eigenvalue weighted by molar-refractivity contribution is 6.34. The Morgan fingerprint density at radius 3 is 2.31 bits per heavy atom. The number of halogens is 4. The van der Waals surface area contributed by atoms with Crippen molar-refractivity contribution < 1.29 is 18.0 Å². The molecule has 0 bridgehead atoms. The van der Waals surface area contributed by atoms with Crippen molar-refractivity contribution in [1.29, 1.82) is 0 Å². The largest absolute Gasteiger partial charge is 0.433 e. The molecule has 0 aliphatic carbocycles. The summed E-state index contributed by atoms with van der Waals surface area (Å²) >= 11 is 6.46. The number of aryl methyl sites for hydroxylation is 1. The summed E-state index contributed by atoms with van der Waals surface area (Å²) in [6.07, 6.45) is -4.89. The number of carbonyl (C=O) groups is 1. The van der Waals surface area contributed by atoms with Gasteiger partial charge in [0.2, 0.25) is 5.91 Å². The van der Waals surface area contributed by atoms with Crippen molar-refractivity contribution in [3.05, 3.63) is 82.6 Å². The number of alkyl halides is 3. The zero-order valence-corrected chi connectivity index (χ0v) is 20.2. The third-order valence-electron chi connectivity index (χ3n) is 6.31. The van der Waals surface area contributed by atoms with Crippen LogP contribution in [-0.4, -0.2) is 51.6 Å². The Morgan fingerprint density at radius 2 is 1.67 bits per heavy atom. The molecule has 0 N–H and O–H groups in total. The van der Waals surface area contributed by atoms with Crippen molar-refractivity contribution in [2.45, 2.75) is 19.5 Å². The van der Waals surface area contributed by atoms with Crippen LogP contribution in [-0.2, 0) is 17.4 Å². The van der Waals surface area contributed by atoms with E-state index in [-0.39, 0.29) is 34.4 Å². The maximum Gasteiger partial charge on any atom is 0.433 e. The number of para-hydroxylation sites is 1. The quantitative estimate of drug-likeness (QED) is 0.373. The Bertz CT molecular complexity index is 1400. The van der Waals surface area contributed by atoms with Crippen molar-refractivity contribution in [2.75, 3.05) is 31.1 Å². The van der Waals surface area contributed by atoms with Crippen LogP contribution < -0.4 is 4.90 Å². The van der Waals surface area contributed by atoms with E-state index < -0.39 is 11.9 Å². The molecule has 1 saturated heterocycles. The van der Waals surface area contributed by atoms with E-state index in [4.69, 9.17) is 11.6 Å². The van der Waals surface area contributed by atoms with Crippen LogP contribution in [0.5, 0.6) is 0 Å². The van der Waals surface area contributed by atoms with Gasteiger partial charge >= 0.3 is 6.18 Å². The molecule has 10 heteroatoms. The first-order valence-electron chi connectivity index (χ1n) is 11.5. The minimum Gasteiger partial charge on any atom is -0.368 e. The van der Waals surface area contributed by atoms with Gasteiger partial charge in [0.1, 0.15) is 5.02 Å². The number of nitrogens with zero attached hydrogens (tertiary/aromatic N) is 5. The fraction of sp³-hybridized carbons (Fsp3) is 0.269. The minimum absolute atomic E-state index is 0.0502. The van der Waals surface area contributed by atoms with Crippen LogP contribution >= 0.6 is 11.6 Å². The van der Waals surface area contributed by atoms with Gasteiger partial charge in [0.05, 0.1) is 17.8 Å². The lowest BCUT2D eigenvalue weighted by Gasteiger charge is -2.36. The molecule has 6 nitrogen and oxygen atoms in total. The molecule has 0 radical (unpaired) electrons. The van der Waals surface area contributed by atoms with E-state index in [2.05, 4.69) is 15.0 Å². The summed E-state index contributed by atoms with van der Waals surface area (Å²) in [5.74, 6) is -0.236. The van der Waals surface area contributed by atoms with Crippen LogP contribution in [0.1, 0.15) is 17.0 Å². The van der Waals surface area contributed by atoms with Crippen LogP contribution in [0.4, 0.5) is 18.9 Å². The minimum atomic E-state index is -4.69. The summed E-state index contributed by atoms with van der Waals surface area (Å²) in [4.78, 5) is 21.2. The highest BCUT2D eigenvalue weighted by atomic mass is 35.5. The number of aromatic nitrogens is 3. The molecule has 0 unspecified atom stereocenters. The summed E-state index contributed by atoms with van der Waals surface area (Å²) in [6.45, 7) is 4.22. The molecule has 1 fully saturated rings. The predicted octanol–water partition coefficient (Wildman–Crippen LogP) is 5.27. The van der Waals surface area contributed by atoms with E-state index in [1.54, 1.807) is 29.2 Å². The van der Waals surface area contributed by atoms with Gasteiger partial charge in [-0.3, -0.25) is 4.79 Å². The number of rotatable bonds is 4. The molecule has 0 atom stereocenters. The molecule has 186 valence electrons. The fourth-order valence-corrected chi connectivity index (χ4v) is 4.56.